The smallest absolute Gasteiger partial charge is 0.220 e. The second kappa shape index (κ2) is 10.6. The minimum Gasteiger partial charge on any atom is -0.380 e. The standard InChI is InChI=1S/C14H26ClNO2/c15-8-11-18-10-5-9-16-14(17)12-13-6-3-1-2-4-7-13/h13H,1-12H2,(H,16,17). The van der Waals surface area contributed by atoms with Crippen LogP contribution in [-0.4, -0.2) is 31.5 Å². The molecule has 1 fully saturated rings. The molecule has 106 valence electrons. The molecule has 4 heteroatoms. The van der Waals surface area contributed by atoms with Crippen LogP contribution >= 0.6 is 11.6 Å². The van der Waals surface area contributed by atoms with Gasteiger partial charge in [-0.15, -0.1) is 11.6 Å². The van der Waals surface area contributed by atoms with Crippen LogP contribution in [0.25, 0.3) is 0 Å². The maximum Gasteiger partial charge on any atom is 0.220 e. The maximum atomic E-state index is 11.7. The average Bonchev–Trinajstić information content (AvgIpc) is 2.62. The fourth-order valence-electron chi connectivity index (χ4n) is 2.46. The van der Waals surface area contributed by atoms with Gasteiger partial charge in [-0.25, -0.2) is 0 Å². The summed E-state index contributed by atoms with van der Waals surface area (Å²) in [6.45, 7) is 1.99. The van der Waals surface area contributed by atoms with Crippen molar-refractivity contribution >= 4 is 17.5 Å². The number of carbonyl (C=O) groups is 1. The molecule has 1 aliphatic carbocycles. The molecule has 1 N–H and O–H groups in total. The summed E-state index contributed by atoms with van der Waals surface area (Å²) >= 11 is 5.49. The minimum absolute atomic E-state index is 0.208. The number of ether oxygens (including phenoxy) is 1. The second-order valence-corrected chi connectivity index (χ2v) is 5.44. The molecule has 0 bridgehead atoms. The molecule has 0 aromatic rings. The van der Waals surface area contributed by atoms with Crippen molar-refractivity contribution < 1.29 is 9.53 Å². The van der Waals surface area contributed by atoms with Gasteiger partial charge in [0.1, 0.15) is 0 Å². The summed E-state index contributed by atoms with van der Waals surface area (Å²) in [5, 5.41) is 2.98. The van der Waals surface area contributed by atoms with Crippen molar-refractivity contribution in [3.8, 4) is 0 Å². The van der Waals surface area contributed by atoms with E-state index >= 15 is 0 Å². The SMILES string of the molecule is O=C(CC1CCCCCC1)NCCCOCCCl. The lowest BCUT2D eigenvalue weighted by Gasteiger charge is -2.13. The summed E-state index contributed by atoms with van der Waals surface area (Å²) < 4.78 is 5.25. The number of rotatable bonds is 8. The lowest BCUT2D eigenvalue weighted by Crippen LogP contribution is -2.27. The van der Waals surface area contributed by atoms with Crippen LogP contribution in [0.4, 0.5) is 0 Å². The zero-order valence-electron chi connectivity index (χ0n) is 11.3. The lowest BCUT2D eigenvalue weighted by molar-refractivity contribution is -0.122. The number of nitrogens with one attached hydrogen (secondary N) is 1. The van der Waals surface area contributed by atoms with Crippen LogP contribution in [0.3, 0.4) is 0 Å². The van der Waals surface area contributed by atoms with Crippen LogP contribution in [0.2, 0.25) is 0 Å². The summed E-state index contributed by atoms with van der Waals surface area (Å²) in [6, 6.07) is 0. The summed E-state index contributed by atoms with van der Waals surface area (Å²) in [5.74, 6) is 1.35. The predicted molar refractivity (Wildman–Crippen MR) is 75.0 cm³/mol. The van der Waals surface area contributed by atoms with Gasteiger partial charge in [0.2, 0.25) is 5.91 Å². The minimum atomic E-state index is 0.208. The molecule has 1 aliphatic rings. The molecule has 3 nitrogen and oxygen atoms in total. The summed E-state index contributed by atoms with van der Waals surface area (Å²) in [7, 11) is 0. The predicted octanol–water partition coefficient (Wildman–Crippen LogP) is 3.11. The van der Waals surface area contributed by atoms with Crippen molar-refractivity contribution in [3.05, 3.63) is 0 Å². The van der Waals surface area contributed by atoms with E-state index in [1.54, 1.807) is 0 Å². The Bertz CT molecular complexity index is 216. The number of carbonyl (C=O) groups excluding carboxylic acids is 1. The largest absolute Gasteiger partial charge is 0.380 e. The molecule has 0 radical (unpaired) electrons. The third kappa shape index (κ3) is 7.93. The summed E-state index contributed by atoms with van der Waals surface area (Å²) in [5.41, 5.74) is 0. The molecule has 0 atom stereocenters. The van der Waals surface area contributed by atoms with Gasteiger partial charge in [0.25, 0.3) is 0 Å². The van der Waals surface area contributed by atoms with Gasteiger partial charge in [-0.2, -0.15) is 0 Å². The van der Waals surface area contributed by atoms with E-state index in [2.05, 4.69) is 5.32 Å². The molecule has 0 unspecified atom stereocenters. The Morgan fingerprint density at radius 3 is 2.56 bits per heavy atom. The van der Waals surface area contributed by atoms with E-state index in [-0.39, 0.29) is 5.91 Å². The van der Waals surface area contributed by atoms with Crippen molar-refractivity contribution in [2.75, 3.05) is 25.6 Å². The Labute approximate surface area is 116 Å². The van der Waals surface area contributed by atoms with Crippen molar-refractivity contribution in [3.63, 3.8) is 0 Å². The van der Waals surface area contributed by atoms with Crippen molar-refractivity contribution in [2.45, 2.75) is 51.4 Å². The highest BCUT2D eigenvalue weighted by molar-refractivity contribution is 6.17. The highest BCUT2D eigenvalue weighted by Gasteiger charge is 2.15. The normalized spacial score (nSPS) is 17.4. The third-order valence-electron chi connectivity index (χ3n) is 3.46. The zero-order valence-corrected chi connectivity index (χ0v) is 12.0. The third-order valence-corrected chi connectivity index (χ3v) is 3.61. The first-order valence-electron chi connectivity index (χ1n) is 7.23. The molecule has 1 amide bonds. The Morgan fingerprint density at radius 1 is 1.17 bits per heavy atom. The number of amides is 1. The van der Waals surface area contributed by atoms with Crippen LogP contribution < -0.4 is 5.32 Å². The van der Waals surface area contributed by atoms with Gasteiger partial charge < -0.3 is 10.1 Å². The van der Waals surface area contributed by atoms with E-state index in [0.29, 0.717) is 38.0 Å². The van der Waals surface area contributed by atoms with Crippen molar-refractivity contribution in [1.29, 1.82) is 0 Å². The Morgan fingerprint density at radius 2 is 1.89 bits per heavy atom. The number of halogens is 1. The first kappa shape index (κ1) is 15.8. The monoisotopic (exact) mass is 275 g/mol. The first-order valence-corrected chi connectivity index (χ1v) is 7.77. The average molecular weight is 276 g/mol. The van der Waals surface area contributed by atoms with Gasteiger partial charge in [0.15, 0.2) is 0 Å². The molecule has 0 spiro atoms. The van der Waals surface area contributed by atoms with Crippen LogP contribution in [0.15, 0.2) is 0 Å². The topological polar surface area (TPSA) is 38.3 Å². The molecule has 0 aliphatic heterocycles. The molecule has 0 aromatic carbocycles. The van der Waals surface area contributed by atoms with Gasteiger partial charge in [-0.1, -0.05) is 25.7 Å². The molecule has 0 aromatic heterocycles. The number of hydrogen-bond donors (Lipinski definition) is 1. The molecule has 0 heterocycles. The van der Waals surface area contributed by atoms with Gasteiger partial charge >= 0.3 is 0 Å². The Hall–Kier alpha value is -0.280. The molecular formula is C14H26ClNO2. The van der Waals surface area contributed by atoms with Crippen LogP contribution in [0.5, 0.6) is 0 Å². The highest BCUT2D eigenvalue weighted by Crippen LogP contribution is 2.25. The fourth-order valence-corrected chi connectivity index (χ4v) is 2.57. The van der Waals surface area contributed by atoms with Gasteiger partial charge in [-0.3, -0.25) is 4.79 Å². The van der Waals surface area contributed by atoms with E-state index < -0.39 is 0 Å². The summed E-state index contributed by atoms with van der Waals surface area (Å²) in [4.78, 5) is 11.7. The fraction of sp³-hybridized carbons (Fsp3) is 0.929. The van der Waals surface area contributed by atoms with Gasteiger partial charge in [0, 0.05) is 25.5 Å². The van der Waals surface area contributed by atoms with E-state index in [0.717, 1.165) is 6.42 Å². The molecule has 0 saturated heterocycles. The van der Waals surface area contributed by atoms with E-state index in [9.17, 15) is 4.79 Å². The number of alkyl halides is 1. The van der Waals surface area contributed by atoms with Crippen molar-refractivity contribution in [1.82, 2.24) is 5.32 Å². The zero-order chi connectivity index (χ0) is 13.1. The Kier molecular flexibility index (Phi) is 9.31. The highest BCUT2D eigenvalue weighted by atomic mass is 35.5. The van der Waals surface area contributed by atoms with E-state index in [1.807, 2.05) is 0 Å². The molecule has 1 rings (SSSR count). The lowest BCUT2D eigenvalue weighted by atomic mass is 9.96. The van der Waals surface area contributed by atoms with E-state index in [4.69, 9.17) is 16.3 Å². The maximum absolute atomic E-state index is 11.7. The van der Waals surface area contributed by atoms with Gasteiger partial charge in [-0.05, 0) is 25.2 Å². The quantitative estimate of drug-likeness (QED) is 0.420. The van der Waals surface area contributed by atoms with Crippen LogP contribution in [-0.2, 0) is 9.53 Å². The van der Waals surface area contributed by atoms with Crippen LogP contribution in [0.1, 0.15) is 51.4 Å². The molecule has 18 heavy (non-hydrogen) atoms. The second-order valence-electron chi connectivity index (χ2n) is 5.07. The summed E-state index contributed by atoms with van der Waals surface area (Å²) in [6.07, 6.45) is 9.31. The van der Waals surface area contributed by atoms with Gasteiger partial charge in [0.05, 0.1) is 6.61 Å². The first-order chi connectivity index (χ1) is 8.83. The molecular weight excluding hydrogens is 250 g/mol. The van der Waals surface area contributed by atoms with Crippen LogP contribution in [0, 0.1) is 5.92 Å². The van der Waals surface area contributed by atoms with E-state index in [1.165, 1.54) is 38.5 Å². The Balaban J connectivity index is 1.98. The molecule has 1 saturated carbocycles. The van der Waals surface area contributed by atoms with Crippen molar-refractivity contribution in [2.24, 2.45) is 5.92 Å². The number of hydrogen-bond acceptors (Lipinski definition) is 2.